The Morgan fingerprint density at radius 1 is 0.826 bits per heavy atom. The van der Waals surface area contributed by atoms with Crippen molar-refractivity contribution in [2.75, 3.05) is 0 Å². The molecule has 3 saturated carbocycles. The van der Waals surface area contributed by atoms with Gasteiger partial charge < -0.3 is 14.9 Å². The Hall–Kier alpha value is 1.68. The van der Waals surface area contributed by atoms with Crippen LogP contribution in [0, 0.1) is 32.6 Å². The first-order valence-corrected chi connectivity index (χ1v) is 18.5. The van der Waals surface area contributed by atoms with Crippen molar-refractivity contribution in [3.8, 4) is 0 Å². The average Bonchev–Trinajstić information content (AvgIpc) is 3.09. The molecule has 136 valence electrons. The average molecular weight is 457 g/mol. The molecule has 0 heterocycles. The van der Waals surface area contributed by atoms with Crippen LogP contribution in [0.15, 0.2) is 0 Å². The van der Waals surface area contributed by atoms with Crippen LogP contribution in [0.2, 0.25) is 24.2 Å². The van der Waals surface area contributed by atoms with Gasteiger partial charge in [-0.1, -0.05) is 65.0 Å². The SMILES string of the molecule is CC1CC([Si](C)(C)C2CCCC2)C2CCCCC12.[CH3-].[CH3-].[Cl][Zr+2][Cl]. The van der Waals surface area contributed by atoms with E-state index >= 15 is 0 Å². The molecule has 4 unspecified atom stereocenters. The van der Waals surface area contributed by atoms with Gasteiger partial charge in [0.25, 0.3) is 0 Å². The van der Waals surface area contributed by atoms with Crippen LogP contribution in [0.5, 0.6) is 0 Å². The first kappa shape index (κ1) is 24.7. The topological polar surface area (TPSA) is 0 Å². The third-order valence-electron chi connectivity index (χ3n) is 7.11. The predicted octanol–water partition coefficient (Wildman–Crippen LogP) is 8.13. The van der Waals surface area contributed by atoms with E-state index in [0.29, 0.717) is 0 Å². The van der Waals surface area contributed by atoms with Crippen molar-refractivity contribution in [3.63, 3.8) is 0 Å². The molecule has 0 saturated heterocycles. The molecule has 3 aliphatic carbocycles. The van der Waals surface area contributed by atoms with Gasteiger partial charge in [-0.15, -0.1) is 0 Å². The minimum absolute atomic E-state index is 0. The molecule has 0 aromatic heterocycles. The van der Waals surface area contributed by atoms with Crippen LogP contribution in [-0.2, 0) is 20.8 Å². The van der Waals surface area contributed by atoms with Gasteiger partial charge in [0.1, 0.15) is 0 Å². The number of hydrogen-bond donors (Lipinski definition) is 0. The standard InChI is InChI=1S/C17H32Si.2CH3.2ClH.Zr/c1-13-12-17(16-11-7-6-10-15(13)16)18(2,3)14-8-4-5-9-14;;;;;/h13-17H,4-12H2,1-3H3;2*1H3;2*1H;/q;2*-1;;;+4/p-2. The van der Waals surface area contributed by atoms with Crippen molar-refractivity contribution in [1.29, 1.82) is 0 Å². The summed E-state index contributed by atoms with van der Waals surface area (Å²) in [4.78, 5) is 0. The Bertz CT molecular complexity index is 318. The quantitative estimate of drug-likeness (QED) is 0.291. The Balaban J connectivity index is 0.000000902. The molecule has 0 amide bonds. The van der Waals surface area contributed by atoms with Crippen LogP contribution in [0.4, 0.5) is 0 Å². The van der Waals surface area contributed by atoms with Gasteiger partial charge in [-0.2, -0.15) is 0 Å². The summed E-state index contributed by atoms with van der Waals surface area (Å²) in [6.45, 7) is 8.09. The van der Waals surface area contributed by atoms with E-state index in [4.69, 9.17) is 17.0 Å². The predicted molar refractivity (Wildman–Crippen MR) is 107 cm³/mol. The van der Waals surface area contributed by atoms with Gasteiger partial charge in [0.15, 0.2) is 0 Å². The van der Waals surface area contributed by atoms with Crippen molar-refractivity contribution >= 4 is 25.1 Å². The van der Waals surface area contributed by atoms with Crippen LogP contribution < -0.4 is 0 Å². The molecule has 0 aromatic rings. The second-order valence-electron chi connectivity index (χ2n) is 8.31. The van der Waals surface area contributed by atoms with E-state index in [1.54, 1.807) is 38.5 Å². The Morgan fingerprint density at radius 3 is 1.78 bits per heavy atom. The molecule has 0 N–H and O–H groups in total. The molecule has 4 heteroatoms. The Labute approximate surface area is 166 Å². The van der Waals surface area contributed by atoms with Gasteiger partial charge >= 0.3 is 37.9 Å². The van der Waals surface area contributed by atoms with Crippen molar-refractivity contribution in [1.82, 2.24) is 0 Å². The summed E-state index contributed by atoms with van der Waals surface area (Å²) in [5.41, 5.74) is 2.36. The van der Waals surface area contributed by atoms with Crippen molar-refractivity contribution in [3.05, 3.63) is 14.9 Å². The van der Waals surface area contributed by atoms with E-state index < -0.39 is 28.9 Å². The monoisotopic (exact) mass is 454 g/mol. The van der Waals surface area contributed by atoms with Gasteiger partial charge in [0.05, 0.1) is 8.07 Å². The van der Waals surface area contributed by atoms with E-state index in [1.165, 1.54) is 30.3 Å². The minimum atomic E-state index is -0.987. The first-order valence-electron chi connectivity index (χ1n) is 8.98. The van der Waals surface area contributed by atoms with Crippen LogP contribution in [0.25, 0.3) is 0 Å². The normalized spacial score (nSPS) is 33.4. The molecule has 0 aromatic carbocycles. The summed E-state index contributed by atoms with van der Waals surface area (Å²) in [7, 11) is 8.88. The fraction of sp³-hybridized carbons (Fsp3) is 0.895. The van der Waals surface area contributed by atoms with Gasteiger partial charge in [0.2, 0.25) is 0 Å². The molecule has 0 radical (unpaired) electrons. The number of hydrogen-bond acceptors (Lipinski definition) is 0. The zero-order chi connectivity index (χ0) is 15.5. The molecule has 3 rings (SSSR count). The maximum atomic E-state index is 4.93. The summed E-state index contributed by atoms with van der Waals surface area (Å²) in [5.74, 6) is 3.32. The first-order chi connectivity index (χ1) is 10.0. The van der Waals surface area contributed by atoms with Gasteiger partial charge in [-0.05, 0) is 41.7 Å². The number of fused-ring (bicyclic) bond motifs is 1. The zero-order valence-electron chi connectivity index (χ0n) is 16.0. The molecular weight excluding hydrogens is 418 g/mol. The Morgan fingerprint density at radius 2 is 1.26 bits per heavy atom. The van der Waals surface area contributed by atoms with E-state index in [-0.39, 0.29) is 14.9 Å². The number of rotatable bonds is 2. The van der Waals surface area contributed by atoms with Crippen molar-refractivity contribution < 1.29 is 20.8 Å². The van der Waals surface area contributed by atoms with Crippen LogP contribution >= 0.6 is 17.0 Å². The second kappa shape index (κ2) is 11.4. The molecule has 0 nitrogen and oxygen atoms in total. The third-order valence-corrected chi connectivity index (χ3v) is 12.4. The van der Waals surface area contributed by atoms with E-state index in [1.807, 2.05) is 0 Å². The number of halogens is 2. The maximum absolute atomic E-state index is 4.93. The fourth-order valence-corrected chi connectivity index (χ4v) is 11.0. The van der Waals surface area contributed by atoms with Crippen LogP contribution in [0.1, 0.15) is 64.7 Å². The summed E-state index contributed by atoms with van der Waals surface area (Å²) < 4.78 is 0. The molecule has 23 heavy (non-hydrogen) atoms. The third kappa shape index (κ3) is 5.83. The zero-order valence-corrected chi connectivity index (χ0v) is 21.0. The summed E-state index contributed by atoms with van der Waals surface area (Å²) >= 11 is -0.826. The van der Waals surface area contributed by atoms with Gasteiger partial charge in [-0.3, -0.25) is 0 Å². The molecular formula is C19H38Cl2SiZr. The van der Waals surface area contributed by atoms with E-state index in [0.717, 1.165) is 17.8 Å². The van der Waals surface area contributed by atoms with E-state index in [2.05, 4.69) is 20.0 Å². The summed E-state index contributed by atoms with van der Waals surface area (Å²) in [6, 6.07) is 0. The van der Waals surface area contributed by atoms with Crippen molar-refractivity contribution in [2.24, 2.45) is 17.8 Å². The molecule has 0 spiro atoms. The summed E-state index contributed by atoms with van der Waals surface area (Å²) in [6.07, 6.45) is 14.1. The molecule has 0 bridgehead atoms. The van der Waals surface area contributed by atoms with Crippen LogP contribution in [-0.4, -0.2) is 8.07 Å². The second-order valence-corrected chi connectivity index (χ2v) is 17.2. The van der Waals surface area contributed by atoms with Gasteiger partial charge in [-0.25, -0.2) is 0 Å². The molecule has 3 fully saturated rings. The van der Waals surface area contributed by atoms with Crippen LogP contribution in [0.3, 0.4) is 0 Å². The molecule has 3 aliphatic rings. The van der Waals surface area contributed by atoms with Gasteiger partial charge in [0, 0.05) is 0 Å². The fourth-order valence-electron chi connectivity index (χ4n) is 5.97. The molecule has 0 aliphatic heterocycles. The Kier molecular flexibility index (Phi) is 12.2. The van der Waals surface area contributed by atoms with E-state index in [9.17, 15) is 0 Å². The van der Waals surface area contributed by atoms with Crippen molar-refractivity contribution in [2.45, 2.75) is 88.9 Å². The summed E-state index contributed by atoms with van der Waals surface area (Å²) in [5, 5.41) is 0. The molecule has 4 atom stereocenters.